The summed E-state index contributed by atoms with van der Waals surface area (Å²) in [6, 6.07) is 8.14. The first-order valence-corrected chi connectivity index (χ1v) is 11.8. The van der Waals surface area contributed by atoms with Crippen LogP contribution in [-0.2, 0) is 11.3 Å². The van der Waals surface area contributed by atoms with Crippen LogP contribution in [0.3, 0.4) is 0 Å². The van der Waals surface area contributed by atoms with E-state index in [2.05, 4.69) is 41.6 Å². The Bertz CT molecular complexity index is 684. The summed E-state index contributed by atoms with van der Waals surface area (Å²) >= 11 is 0. The number of amides is 1. The molecule has 1 unspecified atom stereocenters. The number of morpholine rings is 1. The Hall–Kier alpha value is -2.12. The van der Waals surface area contributed by atoms with Crippen molar-refractivity contribution in [3.8, 4) is 0 Å². The van der Waals surface area contributed by atoms with Crippen LogP contribution in [-0.4, -0.2) is 68.7 Å². The van der Waals surface area contributed by atoms with Gasteiger partial charge in [0.15, 0.2) is 5.96 Å². The summed E-state index contributed by atoms with van der Waals surface area (Å²) in [5, 5.41) is 9.78. The normalized spacial score (nSPS) is 16.2. The smallest absolute Gasteiger partial charge is 0.251 e. The van der Waals surface area contributed by atoms with E-state index in [9.17, 15) is 4.79 Å². The van der Waals surface area contributed by atoms with Gasteiger partial charge in [0, 0.05) is 44.3 Å². The van der Waals surface area contributed by atoms with Crippen molar-refractivity contribution >= 4 is 11.9 Å². The number of ether oxygens (including phenoxy) is 1. The zero-order chi connectivity index (χ0) is 22.5. The van der Waals surface area contributed by atoms with Gasteiger partial charge in [-0.15, -0.1) is 0 Å². The van der Waals surface area contributed by atoms with E-state index >= 15 is 0 Å². The molecule has 0 bridgehead atoms. The summed E-state index contributed by atoms with van der Waals surface area (Å²) in [5.74, 6) is 1.41. The summed E-state index contributed by atoms with van der Waals surface area (Å²) in [6.07, 6.45) is 2.33. The highest BCUT2D eigenvalue weighted by atomic mass is 16.5. The molecular formula is C24H41N5O2. The monoisotopic (exact) mass is 431 g/mol. The van der Waals surface area contributed by atoms with Crippen molar-refractivity contribution < 1.29 is 9.53 Å². The molecule has 0 aromatic heterocycles. The maximum Gasteiger partial charge on any atom is 0.251 e. The van der Waals surface area contributed by atoms with E-state index in [0.29, 0.717) is 30.6 Å². The summed E-state index contributed by atoms with van der Waals surface area (Å²) < 4.78 is 5.56. The molecular weight excluding hydrogens is 390 g/mol. The highest BCUT2D eigenvalue weighted by Gasteiger charge is 2.27. The fraction of sp³-hybridized carbons (Fsp3) is 0.667. The lowest BCUT2D eigenvalue weighted by Gasteiger charge is -2.39. The molecule has 1 amide bonds. The van der Waals surface area contributed by atoms with E-state index in [0.717, 1.165) is 50.9 Å². The largest absolute Gasteiger partial charge is 0.379 e. The lowest BCUT2D eigenvalue weighted by molar-refractivity contribution is 0.00272. The fourth-order valence-corrected chi connectivity index (χ4v) is 4.12. The van der Waals surface area contributed by atoms with E-state index in [-0.39, 0.29) is 5.91 Å². The first kappa shape index (κ1) is 25.1. The molecule has 7 heteroatoms. The second-order valence-corrected chi connectivity index (χ2v) is 7.93. The fourth-order valence-electron chi connectivity index (χ4n) is 4.12. The topological polar surface area (TPSA) is 78.0 Å². The third-order valence-corrected chi connectivity index (χ3v) is 5.88. The van der Waals surface area contributed by atoms with Crippen LogP contribution in [0, 0.1) is 5.92 Å². The molecule has 0 radical (unpaired) electrons. The number of rotatable bonds is 11. The number of hydrogen-bond donors (Lipinski definition) is 3. The molecule has 3 N–H and O–H groups in total. The zero-order valence-corrected chi connectivity index (χ0v) is 19.7. The summed E-state index contributed by atoms with van der Waals surface area (Å²) in [4.78, 5) is 19.4. The van der Waals surface area contributed by atoms with Gasteiger partial charge in [-0.1, -0.05) is 38.8 Å². The molecule has 0 spiro atoms. The third kappa shape index (κ3) is 8.15. The van der Waals surface area contributed by atoms with Gasteiger partial charge >= 0.3 is 0 Å². The zero-order valence-electron chi connectivity index (χ0n) is 19.7. The van der Waals surface area contributed by atoms with E-state index in [1.54, 1.807) is 0 Å². The maximum atomic E-state index is 12.1. The molecule has 1 aromatic carbocycles. The second kappa shape index (κ2) is 14.0. The van der Waals surface area contributed by atoms with Gasteiger partial charge in [0.2, 0.25) is 0 Å². The number of carbonyl (C=O) groups excluding carboxylic acids is 1. The van der Waals surface area contributed by atoms with Gasteiger partial charge in [0.25, 0.3) is 5.91 Å². The van der Waals surface area contributed by atoms with E-state index in [4.69, 9.17) is 9.73 Å². The van der Waals surface area contributed by atoms with Gasteiger partial charge in [0.05, 0.1) is 19.8 Å². The number of carbonyl (C=O) groups is 1. The third-order valence-electron chi connectivity index (χ3n) is 5.88. The molecule has 1 aliphatic rings. The van der Waals surface area contributed by atoms with E-state index in [1.165, 1.54) is 12.8 Å². The van der Waals surface area contributed by atoms with Gasteiger partial charge in [-0.3, -0.25) is 9.69 Å². The molecule has 2 rings (SSSR count). The van der Waals surface area contributed by atoms with Crippen LogP contribution >= 0.6 is 0 Å². The molecule has 1 saturated heterocycles. The predicted molar refractivity (Wildman–Crippen MR) is 128 cm³/mol. The maximum absolute atomic E-state index is 12.1. The quantitative estimate of drug-likeness (QED) is 0.371. The lowest BCUT2D eigenvalue weighted by Crippen LogP contribution is -2.53. The number of benzene rings is 1. The number of hydrogen-bond acceptors (Lipinski definition) is 4. The minimum absolute atomic E-state index is 0.0445. The van der Waals surface area contributed by atoms with Crippen molar-refractivity contribution in [1.29, 1.82) is 0 Å². The first-order chi connectivity index (χ1) is 15.1. The van der Waals surface area contributed by atoms with Crippen LogP contribution in [0.15, 0.2) is 29.3 Å². The molecule has 7 nitrogen and oxygen atoms in total. The Labute approximate surface area is 188 Å². The van der Waals surface area contributed by atoms with Gasteiger partial charge in [0.1, 0.15) is 0 Å². The van der Waals surface area contributed by atoms with Crippen molar-refractivity contribution in [3.63, 3.8) is 0 Å². The first-order valence-electron chi connectivity index (χ1n) is 11.8. The molecule has 1 fully saturated rings. The molecule has 31 heavy (non-hydrogen) atoms. The van der Waals surface area contributed by atoms with Gasteiger partial charge < -0.3 is 20.7 Å². The Morgan fingerprint density at radius 2 is 1.77 bits per heavy atom. The Morgan fingerprint density at radius 3 is 2.42 bits per heavy atom. The van der Waals surface area contributed by atoms with Crippen molar-refractivity contribution in [1.82, 2.24) is 20.9 Å². The number of guanidine groups is 1. The highest BCUT2D eigenvalue weighted by molar-refractivity contribution is 5.94. The molecule has 0 aliphatic carbocycles. The van der Waals surface area contributed by atoms with Gasteiger partial charge in [-0.2, -0.15) is 0 Å². The Kier molecular flexibility index (Phi) is 11.4. The number of nitrogens with zero attached hydrogens (tertiary/aromatic N) is 2. The standard InChI is InChI=1S/C24H41N5O2/c1-5-20(6-2)22(29-12-14-31-15-13-29)18-28-24(26-8-4)27-17-19-10-9-11-21(16-19)23(30)25-7-3/h9-11,16,20,22H,5-8,12-15,17-18H2,1-4H3,(H,25,30)(H2,26,27,28). The average Bonchev–Trinajstić information content (AvgIpc) is 2.81. The second-order valence-electron chi connectivity index (χ2n) is 7.93. The van der Waals surface area contributed by atoms with Crippen molar-refractivity contribution in [2.45, 2.75) is 53.1 Å². The Morgan fingerprint density at radius 1 is 1.06 bits per heavy atom. The number of nitrogens with one attached hydrogen (secondary N) is 3. The van der Waals surface area contributed by atoms with Gasteiger partial charge in [-0.25, -0.2) is 4.99 Å². The van der Waals surface area contributed by atoms with Crippen molar-refractivity contribution in [2.24, 2.45) is 10.9 Å². The van der Waals surface area contributed by atoms with Crippen LogP contribution in [0.1, 0.15) is 56.5 Å². The minimum Gasteiger partial charge on any atom is -0.379 e. The predicted octanol–water partition coefficient (Wildman–Crippen LogP) is 2.63. The Balaban J connectivity index is 2.05. The van der Waals surface area contributed by atoms with Crippen LogP contribution < -0.4 is 16.0 Å². The molecule has 1 heterocycles. The van der Waals surface area contributed by atoms with Gasteiger partial charge in [-0.05, 0) is 37.5 Å². The lowest BCUT2D eigenvalue weighted by atomic mass is 9.92. The van der Waals surface area contributed by atoms with E-state index in [1.807, 2.05) is 31.2 Å². The van der Waals surface area contributed by atoms with Crippen LogP contribution in [0.4, 0.5) is 0 Å². The van der Waals surface area contributed by atoms with Crippen LogP contribution in [0.2, 0.25) is 0 Å². The molecule has 0 saturated carbocycles. The minimum atomic E-state index is -0.0445. The van der Waals surface area contributed by atoms with E-state index < -0.39 is 0 Å². The summed E-state index contributed by atoms with van der Waals surface area (Å²) in [7, 11) is 0. The SMILES string of the molecule is CCNC(=O)c1cccc(CN=C(NCC)NCC(C(CC)CC)N2CCOCC2)c1. The molecule has 1 atom stereocenters. The summed E-state index contributed by atoms with van der Waals surface area (Å²) in [6.45, 7) is 15.0. The molecule has 1 aliphatic heterocycles. The molecule has 1 aromatic rings. The average molecular weight is 432 g/mol. The number of aliphatic imine (C=N–C) groups is 1. The van der Waals surface area contributed by atoms with Crippen molar-refractivity contribution in [2.75, 3.05) is 45.9 Å². The summed E-state index contributed by atoms with van der Waals surface area (Å²) in [5.41, 5.74) is 1.69. The van der Waals surface area contributed by atoms with Crippen molar-refractivity contribution in [3.05, 3.63) is 35.4 Å². The van der Waals surface area contributed by atoms with Crippen LogP contribution in [0.5, 0.6) is 0 Å². The molecule has 174 valence electrons. The highest BCUT2D eigenvalue weighted by Crippen LogP contribution is 2.19. The van der Waals surface area contributed by atoms with Crippen LogP contribution in [0.25, 0.3) is 0 Å².